The van der Waals surface area contributed by atoms with Crippen LogP contribution >= 0.6 is 0 Å². The van der Waals surface area contributed by atoms with E-state index in [1.165, 1.54) is 40.9 Å². The van der Waals surface area contributed by atoms with Crippen LogP contribution in [0.4, 0.5) is 11.4 Å². The second-order valence-electron chi connectivity index (χ2n) is 5.67. The molecule has 1 heterocycles. The number of rotatable bonds is 3. The molecule has 0 aliphatic carbocycles. The summed E-state index contributed by atoms with van der Waals surface area (Å²) < 4.78 is 0. The van der Waals surface area contributed by atoms with Crippen LogP contribution in [0.3, 0.4) is 0 Å². The van der Waals surface area contributed by atoms with Gasteiger partial charge in [-0.25, -0.2) is 0 Å². The Hall–Kier alpha value is -1.96. The minimum Gasteiger partial charge on any atom is -0.385 e. The summed E-state index contributed by atoms with van der Waals surface area (Å²) in [6, 6.07) is 15.4. The SMILES string of the molecule is Cc1ccc(N(C)Cc2cccc3c2CCCN3)cc1. The van der Waals surface area contributed by atoms with E-state index >= 15 is 0 Å². The Labute approximate surface area is 121 Å². The van der Waals surface area contributed by atoms with Gasteiger partial charge in [0.2, 0.25) is 0 Å². The van der Waals surface area contributed by atoms with Crippen LogP contribution in [-0.2, 0) is 13.0 Å². The number of fused-ring (bicyclic) bond motifs is 1. The largest absolute Gasteiger partial charge is 0.385 e. The third-order valence-corrected chi connectivity index (χ3v) is 4.07. The molecule has 2 aromatic carbocycles. The number of hydrogen-bond donors (Lipinski definition) is 1. The molecule has 0 bridgehead atoms. The zero-order valence-corrected chi connectivity index (χ0v) is 12.3. The first-order valence-electron chi connectivity index (χ1n) is 7.36. The second kappa shape index (κ2) is 5.58. The van der Waals surface area contributed by atoms with Gasteiger partial charge in [0.1, 0.15) is 0 Å². The first-order valence-corrected chi connectivity index (χ1v) is 7.36. The predicted molar refractivity (Wildman–Crippen MR) is 86.5 cm³/mol. The van der Waals surface area contributed by atoms with Gasteiger partial charge in [-0.15, -0.1) is 0 Å². The Morgan fingerprint density at radius 2 is 1.90 bits per heavy atom. The average Bonchev–Trinajstić information content (AvgIpc) is 2.48. The van der Waals surface area contributed by atoms with Gasteiger partial charge in [0.15, 0.2) is 0 Å². The van der Waals surface area contributed by atoms with E-state index in [1.54, 1.807) is 0 Å². The summed E-state index contributed by atoms with van der Waals surface area (Å²) >= 11 is 0. The van der Waals surface area contributed by atoms with E-state index in [9.17, 15) is 0 Å². The van der Waals surface area contributed by atoms with E-state index in [-0.39, 0.29) is 0 Å². The number of hydrogen-bond acceptors (Lipinski definition) is 2. The lowest BCUT2D eigenvalue weighted by Crippen LogP contribution is -2.20. The molecular formula is C18H22N2. The topological polar surface area (TPSA) is 15.3 Å². The molecule has 2 nitrogen and oxygen atoms in total. The van der Waals surface area contributed by atoms with Crippen molar-refractivity contribution in [2.75, 3.05) is 23.8 Å². The fraction of sp³-hybridized carbons (Fsp3) is 0.333. The molecule has 104 valence electrons. The van der Waals surface area contributed by atoms with Gasteiger partial charge in [-0.3, -0.25) is 0 Å². The van der Waals surface area contributed by atoms with Crippen molar-refractivity contribution in [1.82, 2.24) is 0 Å². The molecule has 0 unspecified atom stereocenters. The van der Waals surface area contributed by atoms with Crippen molar-refractivity contribution in [3.05, 3.63) is 59.2 Å². The highest BCUT2D eigenvalue weighted by Gasteiger charge is 2.13. The van der Waals surface area contributed by atoms with Crippen molar-refractivity contribution in [2.24, 2.45) is 0 Å². The normalized spacial score (nSPS) is 13.5. The van der Waals surface area contributed by atoms with Gasteiger partial charge in [-0.2, -0.15) is 0 Å². The van der Waals surface area contributed by atoms with E-state index in [2.05, 4.69) is 66.7 Å². The van der Waals surface area contributed by atoms with E-state index in [0.717, 1.165) is 13.1 Å². The molecule has 0 fully saturated rings. The summed E-state index contributed by atoms with van der Waals surface area (Å²) in [5, 5.41) is 3.50. The number of nitrogens with zero attached hydrogens (tertiary/aromatic N) is 1. The maximum Gasteiger partial charge on any atom is 0.0429 e. The van der Waals surface area contributed by atoms with Crippen LogP contribution in [0.5, 0.6) is 0 Å². The third kappa shape index (κ3) is 2.64. The molecule has 1 aliphatic heterocycles. The van der Waals surface area contributed by atoms with Gasteiger partial charge >= 0.3 is 0 Å². The molecule has 1 aliphatic rings. The smallest absolute Gasteiger partial charge is 0.0429 e. The van der Waals surface area contributed by atoms with E-state index in [4.69, 9.17) is 0 Å². The first kappa shape index (κ1) is 13.0. The lowest BCUT2D eigenvalue weighted by Gasteiger charge is -2.25. The molecule has 20 heavy (non-hydrogen) atoms. The minimum absolute atomic E-state index is 0.966. The van der Waals surface area contributed by atoms with Gasteiger partial charge in [0.25, 0.3) is 0 Å². The van der Waals surface area contributed by atoms with E-state index in [0.29, 0.717) is 0 Å². The zero-order chi connectivity index (χ0) is 13.9. The Bertz CT molecular complexity index is 587. The van der Waals surface area contributed by atoms with Crippen molar-refractivity contribution in [2.45, 2.75) is 26.3 Å². The second-order valence-corrected chi connectivity index (χ2v) is 5.67. The fourth-order valence-corrected chi connectivity index (χ4v) is 2.88. The molecular weight excluding hydrogens is 244 g/mol. The summed E-state index contributed by atoms with van der Waals surface area (Å²) in [6.07, 6.45) is 2.43. The number of nitrogens with one attached hydrogen (secondary N) is 1. The minimum atomic E-state index is 0.966. The molecule has 2 heteroatoms. The fourth-order valence-electron chi connectivity index (χ4n) is 2.88. The number of aryl methyl sites for hydroxylation is 1. The maximum atomic E-state index is 3.50. The maximum absolute atomic E-state index is 3.50. The van der Waals surface area contributed by atoms with Crippen molar-refractivity contribution >= 4 is 11.4 Å². The van der Waals surface area contributed by atoms with Crippen molar-refractivity contribution < 1.29 is 0 Å². The summed E-state index contributed by atoms with van der Waals surface area (Å²) in [6.45, 7) is 4.20. The van der Waals surface area contributed by atoms with E-state index < -0.39 is 0 Å². The molecule has 0 saturated heterocycles. The molecule has 0 amide bonds. The quantitative estimate of drug-likeness (QED) is 0.903. The van der Waals surface area contributed by atoms with Crippen LogP contribution in [0.1, 0.15) is 23.1 Å². The number of anilines is 2. The average molecular weight is 266 g/mol. The molecule has 0 spiro atoms. The predicted octanol–water partition coefficient (Wildman–Crippen LogP) is 3.99. The highest BCUT2D eigenvalue weighted by atomic mass is 15.1. The molecule has 2 aromatic rings. The Kier molecular flexibility index (Phi) is 3.64. The van der Waals surface area contributed by atoms with E-state index in [1.807, 2.05) is 0 Å². The molecule has 0 saturated carbocycles. The van der Waals surface area contributed by atoms with Crippen LogP contribution in [0.25, 0.3) is 0 Å². The summed E-state index contributed by atoms with van der Waals surface area (Å²) in [5.74, 6) is 0. The highest BCUT2D eigenvalue weighted by molar-refractivity contribution is 5.57. The van der Waals surface area contributed by atoms with Gasteiger partial charge in [-0.1, -0.05) is 29.8 Å². The Morgan fingerprint density at radius 1 is 1.10 bits per heavy atom. The van der Waals surface area contributed by atoms with Crippen molar-refractivity contribution in [3.63, 3.8) is 0 Å². The van der Waals surface area contributed by atoms with Crippen LogP contribution in [0.15, 0.2) is 42.5 Å². The summed E-state index contributed by atoms with van der Waals surface area (Å²) in [7, 11) is 2.17. The van der Waals surface area contributed by atoms with Gasteiger partial charge in [0, 0.05) is 31.5 Å². The van der Waals surface area contributed by atoms with Gasteiger partial charge in [0.05, 0.1) is 0 Å². The standard InChI is InChI=1S/C18H22N2/c1-14-8-10-16(11-9-14)20(2)13-15-5-3-7-18-17(15)6-4-12-19-18/h3,5,7-11,19H,4,6,12-13H2,1-2H3. The van der Waals surface area contributed by atoms with Gasteiger partial charge in [-0.05, 0) is 49.1 Å². The van der Waals surface area contributed by atoms with Crippen LogP contribution in [0.2, 0.25) is 0 Å². The van der Waals surface area contributed by atoms with Crippen molar-refractivity contribution in [1.29, 1.82) is 0 Å². The van der Waals surface area contributed by atoms with Crippen LogP contribution in [-0.4, -0.2) is 13.6 Å². The zero-order valence-electron chi connectivity index (χ0n) is 12.3. The molecule has 0 radical (unpaired) electrons. The first-order chi connectivity index (χ1) is 9.74. The third-order valence-electron chi connectivity index (χ3n) is 4.07. The summed E-state index contributed by atoms with van der Waals surface area (Å²) in [5.41, 5.74) is 6.85. The Morgan fingerprint density at radius 3 is 2.70 bits per heavy atom. The van der Waals surface area contributed by atoms with Crippen LogP contribution < -0.4 is 10.2 Å². The molecule has 0 aromatic heterocycles. The molecule has 1 N–H and O–H groups in total. The number of benzene rings is 2. The summed E-state index contributed by atoms with van der Waals surface area (Å²) in [4.78, 5) is 2.32. The molecule has 3 rings (SSSR count). The highest BCUT2D eigenvalue weighted by Crippen LogP contribution is 2.27. The molecule has 0 atom stereocenters. The lowest BCUT2D eigenvalue weighted by atomic mass is 9.97. The van der Waals surface area contributed by atoms with Gasteiger partial charge < -0.3 is 10.2 Å². The Balaban J connectivity index is 1.82. The monoisotopic (exact) mass is 266 g/mol. The lowest BCUT2D eigenvalue weighted by molar-refractivity contribution is 0.804. The van der Waals surface area contributed by atoms with Crippen molar-refractivity contribution in [3.8, 4) is 0 Å². The van der Waals surface area contributed by atoms with Crippen LogP contribution in [0, 0.1) is 6.92 Å².